The van der Waals surface area contributed by atoms with Crippen LogP contribution in [0.3, 0.4) is 0 Å². The third kappa shape index (κ3) is 6.24. The second-order valence-electron chi connectivity index (χ2n) is 7.11. The number of hydrogen-bond acceptors (Lipinski definition) is 2. The topological polar surface area (TPSA) is 62.7 Å². The molecular formula is C21H34N2O2Sn. The Hall–Kier alpha value is -1.13. The van der Waals surface area contributed by atoms with Crippen LogP contribution in [0.2, 0.25) is 13.3 Å². The molecule has 0 unspecified atom stereocenters. The molecule has 1 rings (SSSR count). The van der Waals surface area contributed by atoms with Crippen LogP contribution in [0.5, 0.6) is 0 Å². The molecule has 4 nitrogen and oxygen atoms in total. The van der Waals surface area contributed by atoms with Gasteiger partial charge in [-0.3, -0.25) is 0 Å². The van der Waals surface area contributed by atoms with E-state index in [0.29, 0.717) is 5.56 Å². The van der Waals surface area contributed by atoms with Crippen molar-refractivity contribution < 1.29 is 14.3 Å². The predicted octanol–water partition coefficient (Wildman–Crippen LogP) is 4.93. The monoisotopic (exact) mass is 466 g/mol. The summed E-state index contributed by atoms with van der Waals surface area (Å²) in [6, 6.07) is 8.24. The SMILES string of the molecule is CCC[CH2][Sn]([CH2]CCC)([CH2]CCC)[c]1ccc(C(=[N+]=[N-])C(=O)OC)cc1. The van der Waals surface area contributed by atoms with Crippen LogP contribution >= 0.6 is 0 Å². The second kappa shape index (κ2) is 12.3. The van der Waals surface area contributed by atoms with Crippen molar-refractivity contribution in [2.75, 3.05) is 7.11 Å². The molecule has 0 aliphatic rings. The first-order valence-electron chi connectivity index (χ1n) is 9.99. The molecule has 0 saturated heterocycles. The predicted molar refractivity (Wildman–Crippen MR) is 111 cm³/mol. The summed E-state index contributed by atoms with van der Waals surface area (Å²) in [4.78, 5) is 14.9. The number of carbonyl (C=O) groups is 1. The number of esters is 1. The van der Waals surface area contributed by atoms with Gasteiger partial charge in [-0.2, -0.15) is 0 Å². The van der Waals surface area contributed by atoms with Gasteiger partial charge < -0.3 is 0 Å². The van der Waals surface area contributed by atoms with Crippen LogP contribution < -0.4 is 3.58 Å². The van der Waals surface area contributed by atoms with E-state index in [4.69, 9.17) is 10.3 Å². The van der Waals surface area contributed by atoms with Gasteiger partial charge in [-0.1, -0.05) is 0 Å². The Bertz CT molecular complexity index is 585. The average molecular weight is 465 g/mol. The molecule has 0 aliphatic heterocycles. The molecule has 0 atom stereocenters. The minimum atomic E-state index is -2.45. The summed E-state index contributed by atoms with van der Waals surface area (Å²) in [7, 11) is 1.30. The van der Waals surface area contributed by atoms with Gasteiger partial charge in [-0.15, -0.1) is 0 Å². The van der Waals surface area contributed by atoms with E-state index >= 15 is 0 Å². The van der Waals surface area contributed by atoms with E-state index in [0.717, 1.165) is 0 Å². The first kappa shape index (κ1) is 22.9. The van der Waals surface area contributed by atoms with Crippen molar-refractivity contribution in [3.05, 3.63) is 35.4 Å². The molecule has 0 N–H and O–H groups in total. The van der Waals surface area contributed by atoms with Crippen molar-refractivity contribution in [1.82, 2.24) is 0 Å². The number of rotatable bonds is 12. The normalized spacial score (nSPS) is 11.1. The molecule has 0 aliphatic carbocycles. The summed E-state index contributed by atoms with van der Waals surface area (Å²) >= 11 is -2.45. The number of methoxy groups -OCH3 is 1. The molecule has 26 heavy (non-hydrogen) atoms. The zero-order valence-corrected chi connectivity index (χ0v) is 19.7. The number of benzene rings is 1. The molecule has 0 spiro atoms. The first-order chi connectivity index (χ1) is 12.6. The number of ether oxygens (including phenoxy) is 1. The van der Waals surface area contributed by atoms with E-state index in [1.807, 2.05) is 12.1 Å². The van der Waals surface area contributed by atoms with E-state index in [1.54, 1.807) is 3.58 Å². The van der Waals surface area contributed by atoms with E-state index in [2.05, 4.69) is 37.7 Å². The summed E-state index contributed by atoms with van der Waals surface area (Å²) in [5, 5.41) is 0. The van der Waals surface area contributed by atoms with E-state index < -0.39 is 24.3 Å². The molecule has 0 radical (unpaired) electrons. The fourth-order valence-electron chi connectivity index (χ4n) is 3.65. The summed E-state index contributed by atoms with van der Waals surface area (Å²) in [5.41, 5.74) is 9.74. The Morgan fingerprint density at radius 2 is 1.42 bits per heavy atom. The first-order valence-corrected chi connectivity index (χ1v) is 17.5. The van der Waals surface area contributed by atoms with Gasteiger partial charge in [0.15, 0.2) is 0 Å². The molecule has 144 valence electrons. The molecule has 0 bridgehead atoms. The van der Waals surface area contributed by atoms with Gasteiger partial charge in [-0.25, -0.2) is 0 Å². The van der Waals surface area contributed by atoms with Gasteiger partial charge in [-0.05, 0) is 0 Å². The summed E-state index contributed by atoms with van der Waals surface area (Å²) in [6.07, 6.45) is 7.69. The fourth-order valence-corrected chi connectivity index (χ4v) is 19.6. The van der Waals surface area contributed by atoms with Crippen LogP contribution in [0.1, 0.15) is 64.9 Å². The summed E-state index contributed by atoms with van der Waals surface area (Å²) in [6.45, 7) is 6.83. The van der Waals surface area contributed by atoms with Crippen LogP contribution in [-0.4, -0.2) is 42.0 Å². The molecule has 0 aromatic heterocycles. The number of carbonyl (C=O) groups excluding carboxylic acids is 1. The van der Waals surface area contributed by atoms with Crippen molar-refractivity contribution in [2.45, 2.75) is 72.6 Å². The van der Waals surface area contributed by atoms with Crippen molar-refractivity contribution in [1.29, 1.82) is 0 Å². The van der Waals surface area contributed by atoms with Gasteiger partial charge >= 0.3 is 163 Å². The van der Waals surface area contributed by atoms with Gasteiger partial charge in [0.25, 0.3) is 0 Å². The summed E-state index contributed by atoms with van der Waals surface area (Å²) in [5.74, 6) is -0.613. The second-order valence-corrected chi connectivity index (χ2v) is 20.3. The number of hydrogen-bond donors (Lipinski definition) is 0. The Morgan fingerprint density at radius 1 is 0.962 bits per heavy atom. The summed E-state index contributed by atoms with van der Waals surface area (Å²) < 4.78 is 10.5. The van der Waals surface area contributed by atoms with Crippen LogP contribution in [0.25, 0.3) is 5.53 Å². The van der Waals surface area contributed by atoms with E-state index in [9.17, 15) is 4.79 Å². The standard InChI is InChI=1S/C9H7N2O2.3C4H9.Sn/c1-13-9(12)8(11-10)7-5-3-2-4-6-7;3*1-3-4-2;/h3-6H,1H3;3*1,3-4H2,2H3;. The van der Waals surface area contributed by atoms with E-state index in [1.165, 1.54) is 58.9 Å². The van der Waals surface area contributed by atoms with Gasteiger partial charge in [0, 0.05) is 0 Å². The van der Waals surface area contributed by atoms with E-state index in [-0.39, 0.29) is 5.71 Å². The Labute approximate surface area is 162 Å². The zero-order chi connectivity index (χ0) is 19.4. The van der Waals surface area contributed by atoms with Crippen LogP contribution in [0.15, 0.2) is 24.3 Å². The molecule has 1 aromatic carbocycles. The molecular weight excluding hydrogens is 431 g/mol. The Balaban J connectivity index is 3.22. The Kier molecular flexibility index (Phi) is 10.8. The molecule has 0 heterocycles. The third-order valence-corrected chi connectivity index (χ3v) is 20.9. The average Bonchev–Trinajstić information content (AvgIpc) is 2.68. The van der Waals surface area contributed by atoms with Gasteiger partial charge in [0.05, 0.1) is 0 Å². The van der Waals surface area contributed by atoms with Gasteiger partial charge in [0.1, 0.15) is 0 Å². The van der Waals surface area contributed by atoms with Crippen molar-refractivity contribution in [3.63, 3.8) is 0 Å². The van der Waals surface area contributed by atoms with Crippen molar-refractivity contribution in [2.24, 2.45) is 0 Å². The molecule has 5 heteroatoms. The molecule has 0 amide bonds. The number of nitrogens with zero attached hydrogens (tertiary/aromatic N) is 2. The fraction of sp³-hybridized carbons (Fsp3) is 0.619. The van der Waals surface area contributed by atoms with Crippen molar-refractivity contribution in [3.8, 4) is 0 Å². The Morgan fingerprint density at radius 3 is 1.77 bits per heavy atom. The molecule has 0 saturated carbocycles. The third-order valence-electron chi connectivity index (χ3n) is 5.28. The van der Waals surface area contributed by atoms with Crippen molar-refractivity contribution >= 4 is 33.6 Å². The van der Waals surface area contributed by atoms with Crippen LogP contribution in [0.4, 0.5) is 0 Å². The zero-order valence-electron chi connectivity index (χ0n) is 16.9. The minimum absolute atomic E-state index is 0.0319. The van der Waals surface area contributed by atoms with Gasteiger partial charge in [0.2, 0.25) is 0 Å². The molecule has 0 fully saturated rings. The van der Waals surface area contributed by atoms with Crippen LogP contribution in [0, 0.1) is 0 Å². The maximum absolute atomic E-state index is 11.7. The van der Waals surface area contributed by atoms with Crippen LogP contribution in [-0.2, 0) is 9.53 Å². The molecule has 1 aromatic rings. The quantitative estimate of drug-likeness (QED) is 0.145. The number of unbranched alkanes of at least 4 members (excludes halogenated alkanes) is 3. The maximum atomic E-state index is 11.7.